The second-order valence-corrected chi connectivity index (χ2v) is 5.08. The van der Waals surface area contributed by atoms with E-state index >= 15 is 0 Å². The molecule has 2 aromatic heterocycles. The second-order valence-electron chi connectivity index (χ2n) is 4.00. The summed E-state index contributed by atoms with van der Waals surface area (Å²) in [4.78, 5) is 20.6. The van der Waals surface area contributed by atoms with Gasteiger partial charge in [-0.2, -0.15) is 0 Å². The van der Waals surface area contributed by atoms with Crippen molar-refractivity contribution in [2.75, 3.05) is 6.54 Å². The van der Waals surface area contributed by atoms with E-state index in [9.17, 15) is 4.79 Å². The number of amides is 1. The number of aryl methyl sites for hydroxylation is 1. The molecule has 0 saturated heterocycles. The second kappa shape index (κ2) is 5.73. The summed E-state index contributed by atoms with van der Waals surface area (Å²) >= 11 is 1.67. The fraction of sp³-hybridized carbons (Fsp3) is 0.308. The van der Waals surface area contributed by atoms with E-state index in [-0.39, 0.29) is 5.91 Å². The summed E-state index contributed by atoms with van der Waals surface area (Å²) in [5.41, 5.74) is 2.13. The van der Waals surface area contributed by atoms with E-state index in [1.807, 2.05) is 19.1 Å². The molecule has 0 saturated carbocycles. The summed E-state index contributed by atoms with van der Waals surface area (Å²) in [6, 6.07) is 3.91. The van der Waals surface area contributed by atoms with Gasteiger partial charge in [-0.05, 0) is 19.1 Å². The zero-order valence-corrected chi connectivity index (χ0v) is 11.3. The molecule has 0 aliphatic heterocycles. The standard InChI is InChI=1S/C13H15N3OS/c1-9-12(5-8-15-10(2)17)18-13(16-9)11-3-6-14-7-4-11/h3-4,6-7H,5,8H2,1-2H3,(H,15,17). The highest BCUT2D eigenvalue weighted by Crippen LogP contribution is 2.27. The van der Waals surface area contributed by atoms with Crippen LogP contribution in [-0.4, -0.2) is 22.4 Å². The summed E-state index contributed by atoms with van der Waals surface area (Å²) in [5, 5.41) is 3.81. The highest BCUT2D eigenvalue weighted by Gasteiger charge is 2.09. The minimum Gasteiger partial charge on any atom is -0.356 e. The Balaban J connectivity index is 2.10. The molecule has 0 radical (unpaired) electrons. The third-order valence-electron chi connectivity index (χ3n) is 2.55. The van der Waals surface area contributed by atoms with Gasteiger partial charge in [0, 0.05) is 42.7 Å². The third-order valence-corrected chi connectivity index (χ3v) is 3.81. The SMILES string of the molecule is CC(=O)NCCc1sc(-c2ccncc2)nc1C. The van der Waals surface area contributed by atoms with Crippen LogP contribution in [0.2, 0.25) is 0 Å². The van der Waals surface area contributed by atoms with Gasteiger partial charge >= 0.3 is 0 Å². The molecule has 0 fully saturated rings. The zero-order chi connectivity index (χ0) is 13.0. The Morgan fingerprint density at radius 2 is 2.11 bits per heavy atom. The quantitative estimate of drug-likeness (QED) is 0.918. The van der Waals surface area contributed by atoms with Crippen molar-refractivity contribution in [3.63, 3.8) is 0 Å². The molecule has 2 aromatic rings. The number of hydrogen-bond acceptors (Lipinski definition) is 4. The van der Waals surface area contributed by atoms with Crippen LogP contribution in [-0.2, 0) is 11.2 Å². The van der Waals surface area contributed by atoms with Crippen molar-refractivity contribution in [1.29, 1.82) is 0 Å². The first-order chi connectivity index (χ1) is 8.66. The predicted octanol–water partition coefficient (Wildman–Crippen LogP) is 2.19. The van der Waals surface area contributed by atoms with Crippen LogP contribution in [0.5, 0.6) is 0 Å². The van der Waals surface area contributed by atoms with E-state index in [0.717, 1.165) is 22.7 Å². The number of carbonyl (C=O) groups excluding carboxylic acids is 1. The Morgan fingerprint density at radius 3 is 2.78 bits per heavy atom. The minimum absolute atomic E-state index is 0.00604. The molecule has 0 spiro atoms. The van der Waals surface area contributed by atoms with Crippen molar-refractivity contribution < 1.29 is 4.79 Å². The molecule has 0 atom stereocenters. The van der Waals surface area contributed by atoms with Crippen molar-refractivity contribution in [3.8, 4) is 10.6 Å². The molecule has 1 amide bonds. The Morgan fingerprint density at radius 1 is 1.39 bits per heavy atom. The summed E-state index contributed by atoms with van der Waals surface area (Å²) in [6.45, 7) is 4.19. The average molecular weight is 261 g/mol. The smallest absolute Gasteiger partial charge is 0.216 e. The van der Waals surface area contributed by atoms with Crippen LogP contribution in [0.25, 0.3) is 10.6 Å². The first-order valence-corrected chi connectivity index (χ1v) is 6.59. The summed E-state index contributed by atoms with van der Waals surface area (Å²) in [7, 11) is 0. The number of pyridine rings is 1. The first kappa shape index (κ1) is 12.7. The van der Waals surface area contributed by atoms with Crippen LogP contribution in [0, 0.1) is 6.92 Å². The molecule has 0 aliphatic rings. The van der Waals surface area contributed by atoms with Crippen LogP contribution in [0.3, 0.4) is 0 Å². The Kier molecular flexibility index (Phi) is 4.04. The van der Waals surface area contributed by atoms with Crippen molar-refractivity contribution in [1.82, 2.24) is 15.3 Å². The number of aromatic nitrogens is 2. The van der Waals surface area contributed by atoms with Gasteiger partial charge in [0.15, 0.2) is 0 Å². The molecule has 0 aromatic carbocycles. The first-order valence-electron chi connectivity index (χ1n) is 5.78. The van der Waals surface area contributed by atoms with Gasteiger partial charge in [-0.1, -0.05) is 0 Å². The Hall–Kier alpha value is -1.75. The van der Waals surface area contributed by atoms with Crippen LogP contribution in [0.4, 0.5) is 0 Å². The van der Waals surface area contributed by atoms with Crippen LogP contribution in [0.15, 0.2) is 24.5 Å². The van der Waals surface area contributed by atoms with E-state index in [1.165, 1.54) is 11.8 Å². The van der Waals surface area contributed by atoms with E-state index in [2.05, 4.69) is 15.3 Å². The summed E-state index contributed by atoms with van der Waals surface area (Å²) in [6.07, 6.45) is 4.36. The van der Waals surface area contributed by atoms with Gasteiger partial charge < -0.3 is 5.32 Å². The van der Waals surface area contributed by atoms with Crippen LogP contribution in [0.1, 0.15) is 17.5 Å². The Bertz CT molecular complexity index is 536. The molecular formula is C13H15N3OS. The van der Waals surface area contributed by atoms with Crippen molar-refractivity contribution in [3.05, 3.63) is 35.1 Å². The van der Waals surface area contributed by atoms with E-state index in [0.29, 0.717) is 6.54 Å². The number of hydrogen-bond donors (Lipinski definition) is 1. The monoisotopic (exact) mass is 261 g/mol. The average Bonchev–Trinajstić information content (AvgIpc) is 2.72. The van der Waals surface area contributed by atoms with Gasteiger partial charge in [-0.3, -0.25) is 9.78 Å². The van der Waals surface area contributed by atoms with Gasteiger partial charge in [0.05, 0.1) is 5.69 Å². The normalized spacial score (nSPS) is 10.3. The molecule has 5 heteroatoms. The molecule has 0 aliphatic carbocycles. The highest BCUT2D eigenvalue weighted by atomic mass is 32.1. The number of rotatable bonds is 4. The van der Waals surface area contributed by atoms with Crippen molar-refractivity contribution in [2.45, 2.75) is 20.3 Å². The lowest BCUT2D eigenvalue weighted by molar-refractivity contribution is -0.118. The van der Waals surface area contributed by atoms with Gasteiger partial charge in [0.2, 0.25) is 5.91 Å². The third kappa shape index (κ3) is 3.13. The van der Waals surface area contributed by atoms with Crippen molar-refractivity contribution >= 4 is 17.2 Å². The maximum absolute atomic E-state index is 10.8. The molecule has 2 heterocycles. The molecule has 94 valence electrons. The minimum atomic E-state index is 0.00604. The highest BCUT2D eigenvalue weighted by molar-refractivity contribution is 7.15. The van der Waals surface area contributed by atoms with Gasteiger partial charge in [-0.15, -0.1) is 11.3 Å². The molecule has 0 bridgehead atoms. The van der Waals surface area contributed by atoms with E-state index < -0.39 is 0 Å². The molecule has 2 rings (SSSR count). The lowest BCUT2D eigenvalue weighted by atomic mass is 10.3. The van der Waals surface area contributed by atoms with E-state index in [4.69, 9.17) is 0 Å². The number of carbonyl (C=O) groups is 1. The summed E-state index contributed by atoms with van der Waals surface area (Å²) in [5.74, 6) is 0.00604. The zero-order valence-electron chi connectivity index (χ0n) is 10.4. The molecule has 1 N–H and O–H groups in total. The van der Waals surface area contributed by atoms with Gasteiger partial charge in [-0.25, -0.2) is 4.98 Å². The van der Waals surface area contributed by atoms with E-state index in [1.54, 1.807) is 23.7 Å². The largest absolute Gasteiger partial charge is 0.356 e. The van der Waals surface area contributed by atoms with Gasteiger partial charge in [0.1, 0.15) is 5.01 Å². The van der Waals surface area contributed by atoms with Crippen molar-refractivity contribution in [2.24, 2.45) is 0 Å². The molecule has 4 nitrogen and oxygen atoms in total. The molecule has 0 unspecified atom stereocenters. The topological polar surface area (TPSA) is 54.9 Å². The molecular weight excluding hydrogens is 246 g/mol. The van der Waals surface area contributed by atoms with Crippen LogP contribution < -0.4 is 5.32 Å². The fourth-order valence-corrected chi connectivity index (χ4v) is 2.70. The predicted molar refractivity (Wildman–Crippen MR) is 72.5 cm³/mol. The lowest BCUT2D eigenvalue weighted by Crippen LogP contribution is -2.22. The maximum Gasteiger partial charge on any atom is 0.216 e. The molecule has 18 heavy (non-hydrogen) atoms. The number of nitrogens with one attached hydrogen (secondary N) is 1. The summed E-state index contributed by atoms with van der Waals surface area (Å²) < 4.78 is 0. The Labute approximate surface area is 110 Å². The fourth-order valence-electron chi connectivity index (χ4n) is 1.63. The maximum atomic E-state index is 10.8. The lowest BCUT2D eigenvalue weighted by Gasteiger charge is -1.99. The van der Waals surface area contributed by atoms with Crippen LogP contribution >= 0.6 is 11.3 Å². The van der Waals surface area contributed by atoms with Gasteiger partial charge in [0.25, 0.3) is 0 Å². The number of nitrogens with zero attached hydrogens (tertiary/aromatic N) is 2. The number of thiazole rings is 1.